The first-order valence-electron chi connectivity index (χ1n) is 11.5. The Morgan fingerprint density at radius 3 is 2.62 bits per heavy atom. The highest BCUT2D eigenvalue weighted by Gasteiger charge is 2.16. The lowest BCUT2D eigenvalue weighted by Gasteiger charge is -2.07. The molecule has 0 aliphatic rings. The zero-order chi connectivity index (χ0) is 25.6. The minimum atomic E-state index is -3.17. The van der Waals surface area contributed by atoms with Gasteiger partial charge in [-0.1, -0.05) is 12.1 Å². The van der Waals surface area contributed by atoms with Gasteiger partial charge in [0.15, 0.2) is 0 Å². The van der Waals surface area contributed by atoms with Gasteiger partial charge in [0, 0.05) is 35.0 Å². The first-order valence-corrected chi connectivity index (χ1v) is 13.6. The molecule has 10 heteroatoms. The molecule has 0 radical (unpaired) electrons. The van der Waals surface area contributed by atoms with E-state index in [-0.39, 0.29) is 12.2 Å². The number of aromatic nitrogens is 6. The molecular weight excluding hydrogens is 491 g/mol. The number of fused-ring (bicyclic) bond motifs is 2. The summed E-state index contributed by atoms with van der Waals surface area (Å²) in [6, 6.07) is 14.2. The molecule has 0 aliphatic heterocycles. The highest BCUT2D eigenvalue weighted by molar-refractivity contribution is 7.90. The number of aryl methyl sites for hydroxylation is 1. The van der Waals surface area contributed by atoms with E-state index in [2.05, 4.69) is 30.1 Å². The van der Waals surface area contributed by atoms with E-state index in [1.807, 2.05) is 36.4 Å². The van der Waals surface area contributed by atoms with E-state index in [1.54, 1.807) is 24.8 Å². The van der Waals surface area contributed by atoms with Crippen LogP contribution >= 0.6 is 0 Å². The molecule has 37 heavy (non-hydrogen) atoms. The Labute approximate surface area is 211 Å². The molecule has 1 aromatic carbocycles. The van der Waals surface area contributed by atoms with Crippen molar-refractivity contribution in [1.82, 2.24) is 30.1 Å². The molecule has 0 spiro atoms. The molecule has 0 bridgehead atoms. The number of hydrogen-bond acceptors (Lipinski definition) is 6. The first-order chi connectivity index (χ1) is 17.8. The molecule has 5 heterocycles. The Bertz CT molecular complexity index is 1880. The Hall–Kier alpha value is -4.44. The lowest BCUT2D eigenvalue weighted by atomic mass is 10.0. The molecule has 0 fully saturated rings. The van der Waals surface area contributed by atoms with Crippen molar-refractivity contribution in [2.45, 2.75) is 6.42 Å². The predicted molar refractivity (Wildman–Crippen MR) is 141 cm³/mol. The third-order valence-electron chi connectivity index (χ3n) is 6.21. The summed E-state index contributed by atoms with van der Waals surface area (Å²) in [5, 5.41) is 9.28. The lowest BCUT2D eigenvalue weighted by molar-refractivity contribution is 0.600. The van der Waals surface area contributed by atoms with E-state index >= 15 is 0 Å². The third kappa shape index (κ3) is 4.58. The van der Waals surface area contributed by atoms with E-state index in [1.165, 1.54) is 18.4 Å². The number of halogens is 1. The summed E-state index contributed by atoms with van der Waals surface area (Å²) in [5.74, 6) is -0.476. The average Bonchev–Trinajstić information content (AvgIpc) is 3.51. The van der Waals surface area contributed by atoms with Gasteiger partial charge in [0.05, 0.1) is 46.3 Å². The van der Waals surface area contributed by atoms with Crippen LogP contribution in [0.2, 0.25) is 0 Å². The minimum absolute atomic E-state index is 0.0474. The van der Waals surface area contributed by atoms with E-state index in [9.17, 15) is 12.8 Å². The van der Waals surface area contributed by atoms with Gasteiger partial charge in [-0.3, -0.25) is 20.1 Å². The van der Waals surface area contributed by atoms with E-state index in [0.29, 0.717) is 16.8 Å². The smallest absolute Gasteiger partial charge is 0.147 e. The molecule has 8 nitrogen and oxygen atoms in total. The van der Waals surface area contributed by atoms with Gasteiger partial charge in [0.1, 0.15) is 21.3 Å². The number of sulfone groups is 1. The molecule has 0 atom stereocenters. The summed E-state index contributed by atoms with van der Waals surface area (Å²) in [5.41, 5.74) is 6.50. The molecule has 6 rings (SSSR count). The quantitative estimate of drug-likeness (QED) is 0.326. The van der Waals surface area contributed by atoms with Gasteiger partial charge in [0.2, 0.25) is 0 Å². The van der Waals surface area contributed by atoms with Crippen LogP contribution < -0.4 is 0 Å². The number of aromatic amines is 2. The van der Waals surface area contributed by atoms with Crippen LogP contribution in [0.15, 0.2) is 73.3 Å². The fourth-order valence-electron chi connectivity index (χ4n) is 4.44. The van der Waals surface area contributed by atoms with Crippen LogP contribution in [0.1, 0.15) is 5.56 Å². The van der Waals surface area contributed by atoms with Gasteiger partial charge in [-0.05, 0) is 53.9 Å². The van der Waals surface area contributed by atoms with E-state index in [0.717, 1.165) is 44.5 Å². The monoisotopic (exact) mass is 512 g/mol. The fourth-order valence-corrected chi connectivity index (χ4v) is 5.05. The van der Waals surface area contributed by atoms with Crippen molar-refractivity contribution in [2.24, 2.45) is 0 Å². The van der Waals surface area contributed by atoms with Crippen molar-refractivity contribution in [1.29, 1.82) is 0 Å². The maximum Gasteiger partial charge on any atom is 0.147 e. The summed E-state index contributed by atoms with van der Waals surface area (Å²) >= 11 is 0. The van der Waals surface area contributed by atoms with Gasteiger partial charge in [-0.15, -0.1) is 0 Å². The molecule has 2 N–H and O–H groups in total. The summed E-state index contributed by atoms with van der Waals surface area (Å²) in [6.07, 6.45) is 8.26. The Kier molecular flexibility index (Phi) is 5.53. The van der Waals surface area contributed by atoms with E-state index < -0.39 is 15.7 Å². The summed E-state index contributed by atoms with van der Waals surface area (Å²) in [4.78, 5) is 16.6. The predicted octanol–water partition coefficient (Wildman–Crippen LogP) is 4.96. The average molecular weight is 513 g/mol. The standard InChI is InChI=1S/C27H21FN6O2S/c1-37(35,36)7-5-16-8-17(10-18(28)9-16)21-13-29-14-25-19(21)11-24(32-25)27-20-12-23(22-4-2-3-6-30-22)31-15-26(20)33-34-27/h2-4,6,8-15,32H,5,7H2,1H3,(H,33,34). The van der Waals surface area contributed by atoms with Crippen LogP contribution in [0.25, 0.3) is 55.7 Å². The largest absolute Gasteiger partial charge is 0.352 e. The minimum Gasteiger partial charge on any atom is -0.352 e. The number of H-pyrrole nitrogens is 2. The highest BCUT2D eigenvalue weighted by atomic mass is 32.2. The third-order valence-corrected chi connectivity index (χ3v) is 7.15. The van der Waals surface area contributed by atoms with Crippen molar-refractivity contribution in [2.75, 3.05) is 12.0 Å². The molecule has 0 saturated heterocycles. The van der Waals surface area contributed by atoms with E-state index in [4.69, 9.17) is 0 Å². The number of pyridine rings is 3. The Morgan fingerprint density at radius 2 is 1.81 bits per heavy atom. The number of nitrogens with zero attached hydrogens (tertiary/aromatic N) is 4. The number of rotatable bonds is 6. The SMILES string of the molecule is CS(=O)(=O)CCc1cc(F)cc(-c2cncc3[nH]c(-c4n[nH]c5cnc(-c6ccccn6)cc45)cc23)c1. The topological polar surface area (TPSA) is 117 Å². The van der Waals surface area contributed by atoms with Crippen molar-refractivity contribution < 1.29 is 12.8 Å². The molecule has 0 unspecified atom stereocenters. The molecule has 184 valence electrons. The van der Waals surface area contributed by atoms with Gasteiger partial charge in [-0.2, -0.15) is 5.10 Å². The van der Waals surface area contributed by atoms with Crippen molar-refractivity contribution in [3.05, 3.63) is 84.7 Å². The maximum atomic E-state index is 14.5. The Balaban J connectivity index is 1.44. The second-order valence-electron chi connectivity index (χ2n) is 8.96. The first kappa shape index (κ1) is 23.0. The molecule has 0 saturated carbocycles. The zero-order valence-corrected chi connectivity index (χ0v) is 20.6. The highest BCUT2D eigenvalue weighted by Crippen LogP contribution is 2.34. The molecule has 0 aliphatic carbocycles. The zero-order valence-electron chi connectivity index (χ0n) is 19.7. The fraction of sp³-hybridized carbons (Fsp3) is 0.111. The van der Waals surface area contributed by atoms with Gasteiger partial charge in [-0.25, -0.2) is 12.8 Å². The second-order valence-corrected chi connectivity index (χ2v) is 11.2. The van der Waals surface area contributed by atoms with Crippen molar-refractivity contribution in [3.63, 3.8) is 0 Å². The molecule has 0 amide bonds. The lowest BCUT2D eigenvalue weighted by Crippen LogP contribution is -2.06. The molecule has 6 aromatic rings. The number of nitrogens with one attached hydrogen (secondary N) is 2. The van der Waals surface area contributed by atoms with Crippen LogP contribution in [-0.2, 0) is 16.3 Å². The summed E-state index contributed by atoms with van der Waals surface area (Å²) in [6.45, 7) is 0. The van der Waals surface area contributed by atoms with Gasteiger partial charge >= 0.3 is 0 Å². The maximum absolute atomic E-state index is 14.5. The summed E-state index contributed by atoms with van der Waals surface area (Å²) < 4.78 is 37.7. The molecular formula is C27H21FN6O2S. The van der Waals surface area contributed by atoms with Gasteiger partial charge < -0.3 is 4.98 Å². The van der Waals surface area contributed by atoms with Gasteiger partial charge in [0.25, 0.3) is 0 Å². The van der Waals surface area contributed by atoms with Crippen LogP contribution in [0.4, 0.5) is 4.39 Å². The number of hydrogen-bond donors (Lipinski definition) is 2. The van der Waals surface area contributed by atoms with Crippen LogP contribution in [-0.4, -0.2) is 50.6 Å². The molecule has 5 aromatic heterocycles. The Morgan fingerprint density at radius 1 is 0.919 bits per heavy atom. The second kappa shape index (κ2) is 8.90. The summed E-state index contributed by atoms with van der Waals surface area (Å²) in [7, 11) is -3.17. The van der Waals surface area contributed by atoms with Crippen LogP contribution in [0.3, 0.4) is 0 Å². The van der Waals surface area contributed by atoms with Crippen molar-refractivity contribution >= 4 is 31.6 Å². The van der Waals surface area contributed by atoms with Crippen LogP contribution in [0, 0.1) is 5.82 Å². The van der Waals surface area contributed by atoms with Crippen LogP contribution in [0.5, 0.6) is 0 Å². The normalized spacial score (nSPS) is 11.9. The van der Waals surface area contributed by atoms with Crippen molar-refractivity contribution in [3.8, 4) is 33.9 Å². The number of benzene rings is 1.